The van der Waals surface area contributed by atoms with Crippen LogP contribution in [0.1, 0.15) is 96.9 Å². The lowest BCUT2D eigenvalue weighted by atomic mass is 10.2. The Labute approximate surface area is 592 Å². The Morgan fingerprint density at radius 2 is 0.703 bits per heavy atom. The highest BCUT2D eigenvalue weighted by Crippen LogP contribution is 2.31. The number of ether oxygens (including phenoxy) is 12. The maximum Gasteiger partial charge on any atom is 0.347 e. The SMILES string of the molecule is Brc1c(NC2=NCCN2)ccc2nccnc12.CC(=O)O[C@@H](C)C(=O)O[C@@H](C)C(=O)O[C@@H](C)C(=O)O[C@@H](C)C(=O)O[C@@H](C)C(=O)O[C@@H](C)C(=O)N1CCN=C1Nc1ccc2nccnc2c1Br.CC(=O)O[C@@H](C)C(=O)O[C@@H](C)C(=O)O[C@@H](C)C(=O)O[C@@H](C)C(=O)O[C@@H](C)C(=O)O[C@@H](C)C(=O)O. The number of aromatic nitrogens is 4. The van der Waals surface area contributed by atoms with Crippen LogP contribution in [-0.4, -0.2) is 225 Å². The number of fused-ring (bicyclic) bond motifs is 2. The Bertz CT molecular complexity index is 3820. The van der Waals surface area contributed by atoms with Gasteiger partial charge in [0, 0.05) is 51.7 Å². The number of hydrogen-bond donors (Lipinski definition) is 4. The summed E-state index contributed by atoms with van der Waals surface area (Å²) in [6, 6.07) is 7.39. The van der Waals surface area contributed by atoms with Crippen LogP contribution in [0.25, 0.3) is 22.1 Å². The molecule has 0 bridgehead atoms. The average molecular weight is 1550 g/mol. The van der Waals surface area contributed by atoms with Gasteiger partial charge < -0.3 is 77.9 Å². The van der Waals surface area contributed by atoms with Crippen molar-refractivity contribution in [2.24, 2.45) is 9.98 Å². The van der Waals surface area contributed by atoms with Crippen molar-refractivity contribution in [1.29, 1.82) is 0 Å². The molecule has 0 saturated heterocycles. The molecular weight excluding hydrogens is 1480 g/mol. The molecule has 0 unspecified atom stereocenters. The lowest BCUT2D eigenvalue weighted by molar-refractivity contribution is -0.187. The van der Waals surface area contributed by atoms with Crippen LogP contribution in [0.2, 0.25) is 0 Å². The number of benzene rings is 2. The van der Waals surface area contributed by atoms with E-state index in [9.17, 15) is 67.1 Å². The molecule has 4 aromatic rings. The number of guanidine groups is 2. The zero-order valence-corrected chi connectivity index (χ0v) is 60.0. The summed E-state index contributed by atoms with van der Waals surface area (Å²) in [5.74, 6) is -13.5. The van der Waals surface area contributed by atoms with Gasteiger partial charge in [-0.3, -0.25) is 49.2 Å². The van der Waals surface area contributed by atoms with Crippen LogP contribution in [-0.2, 0) is 124 Å². The van der Waals surface area contributed by atoms with Crippen molar-refractivity contribution in [2.75, 3.05) is 36.8 Å². The molecule has 2 aromatic heterocycles. The predicted molar refractivity (Wildman–Crippen MR) is 352 cm³/mol. The second kappa shape index (κ2) is 39.3. The fourth-order valence-corrected chi connectivity index (χ4v) is 8.77. The Kier molecular flexibility index (Phi) is 32.2. The highest BCUT2D eigenvalue weighted by Gasteiger charge is 2.36. The van der Waals surface area contributed by atoms with Crippen LogP contribution in [0.5, 0.6) is 0 Å². The molecule has 2 aromatic carbocycles. The van der Waals surface area contributed by atoms with E-state index in [2.05, 4.69) is 91.9 Å². The number of carbonyl (C=O) groups is 14. The van der Waals surface area contributed by atoms with Gasteiger partial charge in [0.05, 0.1) is 44.4 Å². The lowest BCUT2D eigenvalue weighted by Gasteiger charge is -2.24. The smallest absolute Gasteiger partial charge is 0.347 e. The number of anilines is 2. The van der Waals surface area contributed by atoms with Gasteiger partial charge in [-0.1, -0.05) is 0 Å². The minimum Gasteiger partial charge on any atom is -0.479 e. The van der Waals surface area contributed by atoms with E-state index < -0.39 is 157 Å². The summed E-state index contributed by atoms with van der Waals surface area (Å²) in [4.78, 5) is 194. The Hall–Kier alpha value is -10.6. The number of esters is 12. The van der Waals surface area contributed by atoms with Gasteiger partial charge in [0.1, 0.15) is 11.0 Å². The van der Waals surface area contributed by atoms with Crippen molar-refractivity contribution >= 4 is 161 Å². The van der Waals surface area contributed by atoms with E-state index in [0.717, 1.165) is 103 Å². The molecule has 2 aliphatic heterocycles. The van der Waals surface area contributed by atoms with Gasteiger partial charge in [-0.05, 0) is 139 Å². The number of nitrogens with one attached hydrogen (secondary N) is 3. The number of amides is 1. The monoisotopic (exact) mass is 1550 g/mol. The number of halogens is 2. The van der Waals surface area contributed by atoms with Crippen molar-refractivity contribution in [1.82, 2.24) is 30.2 Å². The molecule has 6 rings (SSSR count). The Balaban J connectivity index is 0.000000362. The van der Waals surface area contributed by atoms with Crippen molar-refractivity contribution in [2.45, 2.75) is 170 Å². The van der Waals surface area contributed by atoms with E-state index in [4.69, 9.17) is 47.7 Å². The summed E-state index contributed by atoms with van der Waals surface area (Å²) in [7, 11) is 0. The number of nitrogens with zero attached hydrogens (tertiary/aromatic N) is 7. The summed E-state index contributed by atoms with van der Waals surface area (Å²) < 4.78 is 59.6. The molecule has 1 amide bonds. The number of carboxylic acids is 1. The van der Waals surface area contributed by atoms with Crippen LogP contribution in [0.4, 0.5) is 11.4 Å². The van der Waals surface area contributed by atoms with Gasteiger partial charge >= 0.3 is 77.6 Å². The van der Waals surface area contributed by atoms with Gasteiger partial charge in [0.25, 0.3) is 5.91 Å². The first kappa shape index (κ1) is 82.8. The molecule has 37 nitrogen and oxygen atoms in total. The van der Waals surface area contributed by atoms with Crippen molar-refractivity contribution in [3.63, 3.8) is 0 Å². The molecule has 0 aliphatic carbocycles. The van der Waals surface area contributed by atoms with Gasteiger partial charge in [0.2, 0.25) is 5.96 Å². The molecule has 4 N–H and O–H groups in total. The molecule has 39 heteroatoms. The largest absolute Gasteiger partial charge is 0.479 e. The highest BCUT2D eigenvalue weighted by molar-refractivity contribution is 9.11. The summed E-state index contributed by atoms with van der Waals surface area (Å²) in [6.45, 7) is 18.5. The number of rotatable bonds is 26. The minimum atomic E-state index is -1.55. The quantitative estimate of drug-likeness (QED) is 0.0518. The molecule has 0 radical (unpaired) electrons. The average Bonchev–Trinajstić information content (AvgIpc) is 1.80. The summed E-state index contributed by atoms with van der Waals surface area (Å²) >= 11 is 7.04. The van der Waals surface area contributed by atoms with Gasteiger partial charge in [-0.2, -0.15) is 0 Å². The Morgan fingerprint density at radius 3 is 1.01 bits per heavy atom. The third kappa shape index (κ3) is 25.9. The molecule has 12 atom stereocenters. The van der Waals surface area contributed by atoms with E-state index in [1.54, 1.807) is 36.9 Å². The molecule has 0 fully saturated rings. The maximum absolute atomic E-state index is 13.2. The molecule has 101 heavy (non-hydrogen) atoms. The Morgan fingerprint density at radius 1 is 0.406 bits per heavy atom. The fraction of sp³-hybridized carbons (Fsp3) is 0.484. The molecule has 2 aliphatic rings. The van der Waals surface area contributed by atoms with Crippen molar-refractivity contribution < 1.29 is 129 Å². The maximum atomic E-state index is 13.2. The number of carboxylic acid groups (broad SMARTS) is 1. The molecular formula is C62H74Br2N10O27. The van der Waals surface area contributed by atoms with E-state index >= 15 is 0 Å². The first-order valence-corrected chi connectivity index (χ1v) is 32.1. The molecule has 548 valence electrons. The first-order chi connectivity index (χ1) is 47.4. The first-order valence-electron chi connectivity index (χ1n) is 30.5. The van der Waals surface area contributed by atoms with Crippen molar-refractivity contribution in [3.8, 4) is 0 Å². The van der Waals surface area contributed by atoms with Crippen LogP contribution < -0.4 is 16.0 Å². The topological polar surface area (TPSA) is 486 Å². The zero-order valence-electron chi connectivity index (χ0n) is 56.8. The number of aliphatic carboxylic acids is 1. The number of carbonyl (C=O) groups excluding carboxylic acids is 13. The van der Waals surface area contributed by atoms with Crippen LogP contribution >= 0.6 is 31.9 Å². The standard InChI is InChI=1S/C31H36BrN5O13.C20H28O14.C11H10BrN5/c1-14(25(39)37-13-12-35-31(37)36-21-8-9-22-24(23(21)32)34-11-10-33-22)46-27(41)16(3)48-29(43)18(5)50-30(44)19(6)49-28(42)17(4)47-26(40)15(2)45-20(7)38;1-8(15(22)23)30-17(25)10(3)32-19(27)12(5)34-20(28)13(6)33-18(26)11(4)31-16(24)9(2)29-14(7)21;12-9-7(17-11-15-5-6-16-11)1-2-8-10(9)14-4-3-13-8/h8-11,14-19H,12-13H2,1-7H3,(H,35,36);8-13H,1-7H3,(H,22,23);1-4H,5-6H2,(H2,15,16,17)/t14-,15-,16-,17-,18-,19-;8-,9-,10-,11-,12-,13-;/m00./s1. The van der Waals surface area contributed by atoms with Crippen LogP contribution in [0.15, 0.2) is 68.0 Å². The van der Waals surface area contributed by atoms with Gasteiger partial charge in [0.15, 0.2) is 79.2 Å². The second-order valence-electron chi connectivity index (χ2n) is 21.4. The molecule has 4 heterocycles. The normalized spacial score (nSPS) is 15.7. The molecule has 0 saturated carbocycles. The van der Waals surface area contributed by atoms with Gasteiger partial charge in [-0.25, -0.2) is 52.7 Å². The van der Waals surface area contributed by atoms with Crippen molar-refractivity contribution in [3.05, 3.63) is 58.0 Å². The van der Waals surface area contributed by atoms with Gasteiger partial charge in [-0.15, -0.1) is 0 Å². The minimum absolute atomic E-state index is 0.217. The second-order valence-corrected chi connectivity index (χ2v) is 23.0. The third-order valence-electron chi connectivity index (χ3n) is 13.1. The van der Waals surface area contributed by atoms with Crippen LogP contribution in [0.3, 0.4) is 0 Å². The number of aliphatic imine (C=N–C) groups is 2. The molecule has 0 spiro atoms. The summed E-state index contributed by atoms with van der Waals surface area (Å²) in [6.07, 6.45) is -10.9. The van der Waals surface area contributed by atoms with Crippen LogP contribution in [0, 0.1) is 0 Å². The third-order valence-corrected chi connectivity index (χ3v) is 14.7. The summed E-state index contributed by atoms with van der Waals surface area (Å²) in [5, 5.41) is 18.2. The predicted octanol–water partition coefficient (Wildman–Crippen LogP) is 3.06. The fourth-order valence-electron chi connectivity index (χ4n) is 7.70. The highest BCUT2D eigenvalue weighted by atomic mass is 79.9. The van der Waals surface area contributed by atoms with E-state index in [1.165, 1.54) is 39.5 Å². The van der Waals surface area contributed by atoms with E-state index in [1.807, 2.05) is 12.1 Å². The van der Waals surface area contributed by atoms with E-state index in [-0.39, 0.29) is 12.5 Å². The number of hydrogen-bond acceptors (Lipinski definition) is 35. The summed E-state index contributed by atoms with van der Waals surface area (Å²) in [5.41, 5.74) is 4.48. The zero-order chi connectivity index (χ0) is 75.7. The van der Waals surface area contributed by atoms with E-state index in [0.29, 0.717) is 27.7 Å². The lowest BCUT2D eigenvalue weighted by Crippen LogP contribution is -2.45.